The third-order valence-electron chi connectivity index (χ3n) is 3.65. The number of ether oxygens (including phenoxy) is 1. The topological polar surface area (TPSA) is 41.6 Å². The van der Waals surface area contributed by atoms with E-state index in [1.54, 1.807) is 11.9 Å². The minimum Gasteiger partial charge on any atom is -0.493 e. The van der Waals surface area contributed by atoms with Crippen molar-refractivity contribution in [2.24, 2.45) is 0 Å². The van der Waals surface area contributed by atoms with Gasteiger partial charge in [-0.2, -0.15) is 0 Å². The summed E-state index contributed by atoms with van der Waals surface area (Å²) in [5, 5.41) is 3.56. The third kappa shape index (κ3) is 3.17. The number of carbonyl (C=O) groups excluding carboxylic acids is 1. The number of urea groups is 1. The van der Waals surface area contributed by atoms with E-state index in [0.717, 1.165) is 29.0 Å². The molecule has 2 aromatic rings. The fraction of sp³-hybridized carbons (Fsp3) is 0.235. The second kappa shape index (κ2) is 6.28. The summed E-state index contributed by atoms with van der Waals surface area (Å²) in [5.41, 5.74) is 2.83. The van der Waals surface area contributed by atoms with Gasteiger partial charge in [-0.05, 0) is 35.4 Å². The van der Waals surface area contributed by atoms with Crippen LogP contribution in [0.25, 0.3) is 0 Å². The summed E-state index contributed by atoms with van der Waals surface area (Å²) in [7, 11) is 1.75. The highest BCUT2D eigenvalue weighted by Crippen LogP contribution is 2.28. The first-order valence-electron chi connectivity index (χ1n) is 7.15. The fourth-order valence-corrected chi connectivity index (χ4v) is 2.63. The number of nitrogens with one attached hydrogen (secondary N) is 1. The Kier molecular flexibility index (Phi) is 4.20. The summed E-state index contributed by atoms with van der Waals surface area (Å²) >= 11 is 6.12. The average molecular weight is 317 g/mol. The molecule has 0 spiro atoms. The van der Waals surface area contributed by atoms with Gasteiger partial charge < -0.3 is 15.0 Å². The molecule has 1 aliphatic rings. The summed E-state index contributed by atoms with van der Waals surface area (Å²) < 4.78 is 5.46. The Hall–Kier alpha value is -2.20. The number of carbonyl (C=O) groups is 1. The minimum atomic E-state index is -0.168. The van der Waals surface area contributed by atoms with Gasteiger partial charge in [0.2, 0.25) is 0 Å². The smallest absolute Gasteiger partial charge is 0.321 e. The van der Waals surface area contributed by atoms with Gasteiger partial charge in [0.25, 0.3) is 0 Å². The quantitative estimate of drug-likeness (QED) is 0.932. The first-order chi connectivity index (χ1) is 10.6. The van der Waals surface area contributed by atoms with E-state index in [2.05, 4.69) is 5.32 Å². The van der Waals surface area contributed by atoms with Crippen LogP contribution in [0.3, 0.4) is 0 Å². The maximum Gasteiger partial charge on any atom is 0.321 e. The van der Waals surface area contributed by atoms with Crippen molar-refractivity contribution in [2.45, 2.75) is 13.0 Å². The number of fused-ring (bicyclic) bond motifs is 1. The lowest BCUT2D eigenvalue weighted by atomic mass is 10.1. The second-order valence-corrected chi connectivity index (χ2v) is 5.71. The zero-order valence-electron chi connectivity index (χ0n) is 12.3. The normalized spacial score (nSPS) is 12.5. The molecule has 0 bridgehead atoms. The molecule has 0 saturated carbocycles. The standard InChI is InChI=1S/C17H17ClN2O2/c1-20(11-13-4-2-3-5-15(13)18)17(21)19-14-6-7-16-12(10-14)8-9-22-16/h2-7,10H,8-9,11H2,1H3,(H,19,21). The molecule has 0 aliphatic carbocycles. The highest BCUT2D eigenvalue weighted by atomic mass is 35.5. The Bertz CT molecular complexity index is 703. The number of hydrogen-bond donors (Lipinski definition) is 1. The van der Waals surface area contributed by atoms with E-state index in [1.807, 2.05) is 42.5 Å². The van der Waals surface area contributed by atoms with Crippen molar-refractivity contribution in [3.8, 4) is 5.75 Å². The molecule has 0 fully saturated rings. The van der Waals surface area contributed by atoms with E-state index >= 15 is 0 Å². The molecule has 2 aromatic carbocycles. The van der Waals surface area contributed by atoms with Crippen LogP contribution in [-0.2, 0) is 13.0 Å². The third-order valence-corrected chi connectivity index (χ3v) is 4.02. The number of nitrogens with zero attached hydrogens (tertiary/aromatic N) is 1. The summed E-state index contributed by atoms with van der Waals surface area (Å²) in [5.74, 6) is 0.905. The molecular formula is C17H17ClN2O2. The average Bonchev–Trinajstić information content (AvgIpc) is 2.97. The van der Waals surface area contributed by atoms with Crippen molar-refractivity contribution in [1.29, 1.82) is 0 Å². The van der Waals surface area contributed by atoms with Gasteiger partial charge in [-0.15, -0.1) is 0 Å². The van der Waals surface area contributed by atoms with Crippen LogP contribution < -0.4 is 10.1 Å². The molecule has 0 radical (unpaired) electrons. The summed E-state index contributed by atoms with van der Waals surface area (Å²) in [6.45, 7) is 1.17. The first kappa shape index (κ1) is 14.7. The molecule has 1 aliphatic heterocycles. The van der Waals surface area contributed by atoms with E-state index < -0.39 is 0 Å². The molecule has 0 unspecified atom stereocenters. The van der Waals surface area contributed by atoms with Gasteiger partial charge in [-0.25, -0.2) is 4.79 Å². The first-order valence-corrected chi connectivity index (χ1v) is 7.52. The summed E-state index contributed by atoms with van der Waals surface area (Å²) in [6, 6.07) is 13.1. The van der Waals surface area contributed by atoms with Crippen molar-refractivity contribution in [3.63, 3.8) is 0 Å². The Balaban J connectivity index is 1.65. The van der Waals surface area contributed by atoms with Crippen LogP contribution in [0.2, 0.25) is 5.02 Å². The molecule has 22 heavy (non-hydrogen) atoms. The molecule has 1 heterocycles. The van der Waals surface area contributed by atoms with Gasteiger partial charge in [-0.1, -0.05) is 29.8 Å². The van der Waals surface area contributed by atoms with Gasteiger partial charge in [-0.3, -0.25) is 0 Å². The van der Waals surface area contributed by atoms with Crippen LogP contribution in [0, 0.1) is 0 Å². The molecule has 3 rings (SSSR count). The van der Waals surface area contributed by atoms with E-state index in [1.165, 1.54) is 0 Å². The Labute approximate surface area is 134 Å². The maximum atomic E-state index is 12.3. The molecule has 2 amide bonds. The molecular weight excluding hydrogens is 300 g/mol. The van der Waals surface area contributed by atoms with Gasteiger partial charge in [0.05, 0.1) is 6.61 Å². The predicted octanol–water partition coefficient (Wildman–Crippen LogP) is 3.94. The van der Waals surface area contributed by atoms with Gasteiger partial charge >= 0.3 is 6.03 Å². The van der Waals surface area contributed by atoms with E-state index in [4.69, 9.17) is 16.3 Å². The van der Waals surface area contributed by atoms with Crippen LogP contribution in [0.15, 0.2) is 42.5 Å². The molecule has 0 aromatic heterocycles. The molecule has 4 nitrogen and oxygen atoms in total. The number of hydrogen-bond acceptors (Lipinski definition) is 2. The number of anilines is 1. The van der Waals surface area contributed by atoms with Crippen molar-refractivity contribution >= 4 is 23.3 Å². The van der Waals surface area contributed by atoms with E-state index in [-0.39, 0.29) is 6.03 Å². The maximum absolute atomic E-state index is 12.3. The lowest BCUT2D eigenvalue weighted by Gasteiger charge is -2.19. The zero-order chi connectivity index (χ0) is 15.5. The van der Waals surface area contributed by atoms with Crippen LogP contribution in [0.1, 0.15) is 11.1 Å². The highest BCUT2D eigenvalue weighted by molar-refractivity contribution is 6.31. The summed E-state index contributed by atoms with van der Waals surface area (Å²) in [4.78, 5) is 13.9. The molecule has 5 heteroatoms. The van der Waals surface area contributed by atoms with E-state index in [9.17, 15) is 4.79 Å². The van der Waals surface area contributed by atoms with Crippen molar-refractivity contribution < 1.29 is 9.53 Å². The number of rotatable bonds is 3. The molecule has 0 atom stereocenters. The number of benzene rings is 2. The minimum absolute atomic E-state index is 0.168. The fourth-order valence-electron chi connectivity index (χ4n) is 2.44. The van der Waals surface area contributed by atoms with Crippen molar-refractivity contribution in [2.75, 3.05) is 19.0 Å². The van der Waals surface area contributed by atoms with Gasteiger partial charge in [0.1, 0.15) is 5.75 Å². The van der Waals surface area contributed by atoms with Crippen LogP contribution >= 0.6 is 11.6 Å². The Morgan fingerprint density at radius 2 is 2.14 bits per heavy atom. The van der Waals surface area contributed by atoms with Crippen LogP contribution in [0.4, 0.5) is 10.5 Å². The van der Waals surface area contributed by atoms with Crippen molar-refractivity contribution in [3.05, 3.63) is 58.6 Å². The lowest BCUT2D eigenvalue weighted by molar-refractivity contribution is 0.220. The second-order valence-electron chi connectivity index (χ2n) is 5.30. The van der Waals surface area contributed by atoms with Gasteiger partial charge in [0.15, 0.2) is 0 Å². The molecule has 114 valence electrons. The van der Waals surface area contributed by atoms with Gasteiger partial charge in [0, 0.05) is 30.7 Å². The zero-order valence-corrected chi connectivity index (χ0v) is 13.1. The predicted molar refractivity (Wildman–Crippen MR) is 87.6 cm³/mol. The lowest BCUT2D eigenvalue weighted by Crippen LogP contribution is -2.30. The van der Waals surface area contributed by atoms with E-state index in [0.29, 0.717) is 18.2 Å². The highest BCUT2D eigenvalue weighted by Gasteiger charge is 2.15. The van der Waals surface area contributed by atoms with Crippen LogP contribution in [-0.4, -0.2) is 24.6 Å². The Morgan fingerprint density at radius 1 is 1.32 bits per heavy atom. The summed E-state index contributed by atoms with van der Waals surface area (Å²) in [6.07, 6.45) is 0.883. The Morgan fingerprint density at radius 3 is 2.95 bits per heavy atom. The van der Waals surface area contributed by atoms with Crippen molar-refractivity contribution in [1.82, 2.24) is 4.90 Å². The number of amides is 2. The van der Waals surface area contributed by atoms with Crippen LogP contribution in [0.5, 0.6) is 5.75 Å². The largest absolute Gasteiger partial charge is 0.493 e. The monoisotopic (exact) mass is 316 g/mol. The molecule has 0 saturated heterocycles. The number of halogens is 1. The SMILES string of the molecule is CN(Cc1ccccc1Cl)C(=O)Nc1ccc2c(c1)CCO2. The molecule has 1 N–H and O–H groups in total.